The summed E-state index contributed by atoms with van der Waals surface area (Å²) in [5, 5.41) is 0.903. The van der Waals surface area contributed by atoms with Crippen LogP contribution in [0.5, 0.6) is 0 Å². The van der Waals surface area contributed by atoms with Crippen LogP contribution < -0.4 is 9.29 Å². The number of pyridine rings is 1. The first-order chi connectivity index (χ1) is 10.5. The average Bonchev–Trinajstić information content (AvgIpc) is 2.91. The van der Waals surface area contributed by atoms with Crippen LogP contribution in [0.1, 0.15) is 0 Å². The molecule has 0 saturated carbocycles. The van der Waals surface area contributed by atoms with Gasteiger partial charge in [-0.2, -0.15) is 0 Å². The van der Waals surface area contributed by atoms with Crippen LogP contribution in [0, 0.1) is 0 Å². The SMILES string of the molecule is C[n+]1ccn(CCS(=O)(=O)Nc2cccc3cccnc23)c1. The van der Waals surface area contributed by atoms with Crippen molar-refractivity contribution in [2.45, 2.75) is 6.54 Å². The van der Waals surface area contributed by atoms with E-state index in [4.69, 9.17) is 0 Å². The van der Waals surface area contributed by atoms with Gasteiger partial charge in [0.05, 0.1) is 18.3 Å². The van der Waals surface area contributed by atoms with Crippen molar-refractivity contribution >= 4 is 26.6 Å². The van der Waals surface area contributed by atoms with Gasteiger partial charge in [0.1, 0.15) is 24.7 Å². The largest absolute Gasteiger partial charge is 0.281 e. The van der Waals surface area contributed by atoms with Gasteiger partial charge in [0, 0.05) is 11.6 Å². The minimum Gasteiger partial charge on any atom is -0.281 e. The Hall–Kier alpha value is -2.41. The Balaban J connectivity index is 1.78. The number of fused-ring (bicyclic) bond motifs is 1. The molecule has 0 aliphatic heterocycles. The summed E-state index contributed by atoms with van der Waals surface area (Å²) in [4.78, 5) is 4.25. The van der Waals surface area contributed by atoms with Crippen molar-refractivity contribution < 1.29 is 13.0 Å². The van der Waals surface area contributed by atoms with E-state index < -0.39 is 10.0 Å². The highest BCUT2D eigenvalue weighted by Crippen LogP contribution is 2.21. The predicted molar refractivity (Wildman–Crippen MR) is 84.8 cm³/mol. The third kappa shape index (κ3) is 3.25. The maximum atomic E-state index is 12.3. The van der Waals surface area contributed by atoms with Gasteiger partial charge in [0.25, 0.3) is 0 Å². The first-order valence-corrected chi connectivity index (χ1v) is 8.54. The minimum atomic E-state index is -3.44. The Labute approximate surface area is 129 Å². The van der Waals surface area contributed by atoms with E-state index in [0.29, 0.717) is 17.7 Å². The fraction of sp³-hybridized carbons (Fsp3) is 0.200. The Bertz CT molecular complexity index is 897. The highest BCUT2D eigenvalue weighted by atomic mass is 32.2. The van der Waals surface area contributed by atoms with Crippen LogP contribution in [0.3, 0.4) is 0 Å². The lowest BCUT2D eigenvalue weighted by Gasteiger charge is -2.09. The summed E-state index contributed by atoms with van der Waals surface area (Å²) in [5.41, 5.74) is 1.16. The molecule has 3 aromatic rings. The van der Waals surface area contributed by atoms with Gasteiger partial charge in [-0.25, -0.2) is 17.6 Å². The number of aryl methyl sites for hydroxylation is 2. The number of anilines is 1. The van der Waals surface area contributed by atoms with Gasteiger partial charge >= 0.3 is 0 Å². The summed E-state index contributed by atoms with van der Waals surface area (Å²) in [6, 6.07) is 9.17. The molecule has 3 rings (SSSR count). The zero-order valence-electron chi connectivity index (χ0n) is 12.2. The molecule has 0 atom stereocenters. The summed E-state index contributed by atoms with van der Waals surface area (Å²) in [6.45, 7) is 0.397. The average molecular weight is 317 g/mol. The van der Waals surface area contributed by atoms with E-state index in [9.17, 15) is 8.42 Å². The Morgan fingerprint density at radius 1 is 1.27 bits per heavy atom. The number of benzene rings is 1. The molecule has 0 fully saturated rings. The van der Waals surface area contributed by atoms with E-state index in [2.05, 4.69) is 9.71 Å². The number of nitrogens with one attached hydrogen (secondary N) is 1. The van der Waals surface area contributed by atoms with Crippen LogP contribution in [0.2, 0.25) is 0 Å². The van der Waals surface area contributed by atoms with Gasteiger partial charge in [0.15, 0.2) is 0 Å². The summed E-state index contributed by atoms with van der Waals surface area (Å²) >= 11 is 0. The van der Waals surface area contributed by atoms with E-state index in [1.165, 1.54) is 0 Å². The van der Waals surface area contributed by atoms with E-state index in [1.807, 2.05) is 59.2 Å². The van der Waals surface area contributed by atoms with Crippen LogP contribution in [-0.4, -0.2) is 23.7 Å². The first-order valence-electron chi connectivity index (χ1n) is 6.89. The number of hydrogen-bond acceptors (Lipinski definition) is 3. The van der Waals surface area contributed by atoms with Crippen LogP contribution in [0.25, 0.3) is 10.9 Å². The van der Waals surface area contributed by atoms with Crippen LogP contribution in [0.15, 0.2) is 55.2 Å². The quantitative estimate of drug-likeness (QED) is 0.721. The maximum absolute atomic E-state index is 12.3. The van der Waals surface area contributed by atoms with Gasteiger partial charge in [-0.1, -0.05) is 18.2 Å². The monoisotopic (exact) mass is 317 g/mol. The summed E-state index contributed by atoms with van der Waals surface area (Å²) in [7, 11) is -1.54. The van der Waals surface area contributed by atoms with Crippen LogP contribution in [-0.2, 0) is 23.6 Å². The molecule has 2 heterocycles. The highest BCUT2D eigenvalue weighted by Gasteiger charge is 2.14. The van der Waals surface area contributed by atoms with Crippen molar-refractivity contribution in [1.29, 1.82) is 0 Å². The van der Waals surface area contributed by atoms with Crippen LogP contribution >= 0.6 is 0 Å². The molecule has 2 aromatic heterocycles. The molecule has 1 aromatic carbocycles. The van der Waals surface area contributed by atoms with E-state index >= 15 is 0 Å². The molecule has 0 unspecified atom stereocenters. The van der Waals surface area contributed by atoms with Gasteiger partial charge in [-0.05, 0) is 12.1 Å². The number of para-hydroxylation sites is 1. The minimum absolute atomic E-state index is 0.00486. The second kappa shape index (κ2) is 5.76. The third-order valence-corrected chi connectivity index (χ3v) is 4.59. The Kier molecular flexibility index (Phi) is 3.81. The highest BCUT2D eigenvalue weighted by molar-refractivity contribution is 7.92. The van der Waals surface area contributed by atoms with Crippen molar-refractivity contribution in [2.75, 3.05) is 10.5 Å². The van der Waals surface area contributed by atoms with Crippen molar-refractivity contribution in [3.8, 4) is 0 Å². The van der Waals surface area contributed by atoms with Crippen molar-refractivity contribution in [1.82, 2.24) is 9.55 Å². The van der Waals surface area contributed by atoms with E-state index in [1.54, 1.807) is 12.3 Å². The predicted octanol–water partition coefficient (Wildman–Crippen LogP) is 1.30. The molecule has 0 amide bonds. The molecule has 0 aliphatic carbocycles. The van der Waals surface area contributed by atoms with Gasteiger partial charge < -0.3 is 0 Å². The van der Waals surface area contributed by atoms with E-state index in [-0.39, 0.29) is 5.75 Å². The normalized spacial score (nSPS) is 11.7. The molecule has 7 heteroatoms. The molecule has 6 nitrogen and oxygen atoms in total. The first kappa shape index (κ1) is 14.5. The fourth-order valence-corrected chi connectivity index (χ4v) is 3.32. The molecule has 22 heavy (non-hydrogen) atoms. The summed E-state index contributed by atoms with van der Waals surface area (Å²) < 4.78 is 30.9. The number of imidazole rings is 1. The fourth-order valence-electron chi connectivity index (χ4n) is 2.26. The second-order valence-corrected chi connectivity index (χ2v) is 6.96. The number of nitrogens with zero attached hydrogens (tertiary/aromatic N) is 3. The number of rotatable bonds is 5. The molecule has 0 spiro atoms. The summed E-state index contributed by atoms with van der Waals surface area (Å²) in [5.74, 6) is 0.00486. The molecular formula is C15H17N4O2S+. The van der Waals surface area contributed by atoms with Gasteiger partial charge in [-0.15, -0.1) is 0 Å². The topological polar surface area (TPSA) is 67.9 Å². The zero-order chi connectivity index (χ0) is 15.6. The molecule has 0 aliphatic rings. The molecular weight excluding hydrogens is 300 g/mol. The molecule has 114 valence electrons. The Morgan fingerprint density at radius 3 is 2.86 bits per heavy atom. The van der Waals surface area contributed by atoms with E-state index in [0.717, 1.165) is 5.39 Å². The lowest BCUT2D eigenvalue weighted by molar-refractivity contribution is -0.671. The standard InChI is InChI=1S/C15H17N4O2S/c1-18-8-9-19(12-18)10-11-22(20,21)17-14-6-2-4-13-5-3-7-16-15(13)14/h2-9,12,17H,10-11H2,1H3/q+1. The molecule has 0 radical (unpaired) electrons. The Morgan fingerprint density at radius 2 is 2.09 bits per heavy atom. The van der Waals surface area contributed by atoms with Gasteiger partial charge in [-0.3, -0.25) is 9.71 Å². The number of aromatic nitrogens is 3. The number of sulfonamides is 1. The number of hydrogen-bond donors (Lipinski definition) is 1. The van der Waals surface area contributed by atoms with Crippen LogP contribution in [0.4, 0.5) is 5.69 Å². The lowest BCUT2D eigenvalue weighted by atomic mass is 10.2. The van der Waals surface area contributed by atoms with Crippen molar-refractivity contribution in [3.05, 3.63) is 55.2 Å². The van der Waals surface area contributed by atoms with Crippen molar-refractivity contribution in [3.63, 3.8) is 0 Å². The zero-order valence-corrected chi connectivity index (χ0v) is 13.0. The lowest BCUT2D eigenvalue weighted by Crippen LogP contribution is -2.25. The van der Waals surface area contributed by atoms with Crippen molar-refractivity contribution in [2.24, 2.45) is 7.05 Å². The third-order valence-electron chi connectivity index (χ3n) is 3.34. The molecule has 0 saturated heterocycles. The second-order valence-electron chi connectivity index (χ2n) is 5.12. The van der Waals surface area contributed by atoms with Gasteiger partial charge in [0.2, 0.25) is 16.4 Å². The maximum Gasteiger partial charge on any atom is 0.243 e. The molecule has 1 N–H and O–H groups in total. The summed E-state index contributed by atoms with van der Waals surface area (Å²) in [6.07, 6.45) is 7.21. The molecule has 0 bridgehead atoms. The smallest absolute Gasteiger partial charge is 0.243 e.